The number of pyridine rings is 1. The van der Waals surface area contributed by atoms with Crippen molar-refractivity contribution in [1.82, 2.24) is 19.9 Å². The van der Waals surface area contributed by atoms with Crippen LogP contribution >= 0.6 is 15.9 Å². The van der Waals surface area contributed by atoms with Crippen LogP contribution in [-0.4, -0.2) is 27.7 Å². The summed E-state index contributed by atoms with van der Waals surface area (Å²) in [5, 5.41) is 7.95. The number of rotatable bonds is 2. The SMILES string of the molecule is CNC1CCC(c2nc3cc(Br)ccn3n2)CC1. The molecule has 0 unspecified atom stereocenters. The quantitative estimate of drug-likeness (QED) is 0.927. The fourth-order valence-corrected chi connectivity index (χ4v) is 3.01. The number of hydrogen-bond acceptors (Lipinski definition) is 3. The molecule has 1 aliphatic carbocycles. The van der Waals surface area contributed by atoms with E-state index in [4.69, 9.17) is 0 Å². The molecule has 2 heterocycles. The van der Waals surface area contributed by atoms with Gasteiger partial charge in [-0.2, -0.15) is 5.10 Å². The summed E-state index contributed by atoms with van der Waals surface area (Å²) < 4.78 is 2.91. The molecule has 0 amide bonds. The molecule has 96 valence electrons. The van der Waals surface area contributed by atoms with Gasteiger partial charge in [-0.25, -0.2) is 9.50 Å². The Kier molecular flexibility index (Phi) is 3.35. The highest BCUT2D eigenvalue weighted by Crippen LogP contribution is 2.31. The van der Waals surface area contributed by atoms with Crippen LogP contribution < -0.4 is 5.32 Å². The van der Waals surface area contributed by atoms with Gasteiger partial charge in [0.15, 0.2) is 11.5 Å². The Hall–Kier alpha value is -0.940. The molecular weight excluding hydrogens is 292 g/mol. The third kappa shape index (κ3) is 2.29. The molecule has 0 radical (unpaired) electrons. The van der Waals surface area contributed by atoms with E-state index in [9.17, 15) is 0 Å². The Morgan fingerprint density at radius 2 is 2.11 bits per heavy atom. The zero-order valence-electron chi connectivity index (χ0n) is 10.4. The summed E-state index contributed by atoms with van der Waals surface area (Å²) in [5.41, 5.74) is 0.926. The van der Waals surface area contributed by atoms with E-state index >= 15 is 0 Å². The lowest BCUT2D eigenvalue weighted by Crippen LogP contribution is -2.29. The second kappa shape index (κ2) is 4.97. The van der Waals surface area contributed by atoms with Gasteiger partial charge in [-0.15, -0.1) is 0 Å². The number of fused-ring (bicyclic) bond motifs is 1. The lowest BCUT2D eigenvalue weighted by molar-refractivity contribution is 0.351. The first-order chi connectivity index (χ1) is 8.76. The van der Waals surface area contributed by atoms with Gasteiger partial charge in [-0.1, -0.05) is 15.9 Å². The minimum Gasteiger partial charge on any atom is -0.317 e. The molecule has 2 aromatic rings. The Bertz CT molecular complexity index is 543. The van der Waals surface area contributed by atoms with Crippen LogP contribution in [0.2, 0.25) is 0 Å². The molecule has 4 nitrogen and oxygen atoms in total. The summed E-state index contributed by atoms with van der Waals surface area (Å²) in [7, 11) is 2.05. The molecule has 18 heavy (non-hydrogen) atoms. The predicted molar refractivity (Wildman–Crippen MR) is 74.7 cm³/mol. The van der Waals surface area contributed by atoms with Crippen LogP contribution in [0.25, 0.3) is 5.65 Å². The van der Waals surface area contributed by atoms with Crippen molar-refractivity contribution in [3.05, 3.63) is 28.6 Å². The molecule has 3 rings (SSSR count). The fraction of sp³-hybridized carbons (Fsp3) is 0.538. The predicted octanol–water partition coefficient (Wildman–Crippen LogP) is 2.74. The molecule has 0 aliphatic heterocycles. The van der Waals surface area contributed by atoms with Gasteiger partial charge in [-0.05, 0) is 44.9 Å². The number of aromatic nitrogens is 3. The van der Waals surface area contributed by atoms with Crippen molar-refractivity contribution >= 4 is 21.6 Å². The molecule has 0 saturated heterocycles. The maximum atomic E-state index is 4.65. The minimum atomic E-state index is 0.522. The van der Waals surface area contributed by atoms with Crippen molar-refractivity contribution in [2.24, 2.45) is 0 Å². The van der Waals surface area contributed by atoms with Gasteiger partial charge in [-0.3, -0.25) is 0 Å². The number of nitrogens with one attached hydrogen (secondary N) is 1. The van der Waals surface area contributed by atoms with Crippen LogP contribution in [0.15, 0.2) is 22.8 Å². The van der Waals surface area contributed by atoms with Crippen molar-refractivity contribution in [2.45, 2.75) is 37.6 Å². The van der Waals surface area contributed by atoms with Gasteiger partial charge >= 0.3 is 0 Å². The summed E-state index contributed by atoms with van der Waals surface area (Å²) in [4.78, 5) is 4.65. The zero-order chi connectivity index (χ0) is 12.5. The Morgan fingerprint density at radius 1 is 1.33 bits per heavy atom. The lowest BCUT2D eigenvalue weighted by Gasteiger charge is -2.26. The Labute approximate surface area is 115 Å². The zero-order valence-corrected chi connectivity index (χ0v) is 12.0. The third-order valence-corrected chi connectivity index (χ3v) is 4.31. The summed E-state index contributed by atoms with van der Waals surface area (Å²) in [6, 6.07) is 4.67. The molecule has 1 fully saturated rings. The molecule has 0 aromatic carbocycles. The van der Waals surface area contributed by atoms with Crippen LogP contribution in [0.5, 0.6) is 0 Å². The average Bonchev–Trinajstić information content (AvgIpc) is 2.81. The van der Waals surface area contributed by atoms with Crippen molar-refractivity contribution < 1.29 is 0 Å². The number of nitrogens with zero attached hydrogens (tertiary/aromatic N) is 3. The smallest absolute Gasteiger partial charge is 0.156 e. The van der Waals surface area contributed by atoms with Gasteiger partial charge in [0.05, 0.1) is 0 Å². The third-order valence-electron chi connectivity index (χ3n) is 3.82. The van der Waals surface area contributed by atoms with Crippen LogP contribution in [-0.2, 0) is 0 Å². The van der Waals surface area contributed by atoms with Crippen LogP contribution in [0.3, 0.4) is 0 Å². The first kappa shape index (κ1) is 12.1. The fourth-order valence-electron chi connectivity index (χ4n) is 2.69. The largest absolute Gasteiger partial charge is 0.317 e. The molecular formula is C13H17BrN4. The lowest BCUT2D eigenvalue weighted by atomic mass is 9.86. The first-order valence-electron chi connectivity index (χ1n) is 6.45. The van der Waals surface area contributed by atoms with E-state index in [1.165, 1.54) is 25.7 Å². The van der Waals surface area contributed by atoms with Crippen LogP contribution in [0.4, 0.5) is 0 Å². The van der Waals surface area contributed by atoms with Crippen LogP contribution in [0, 0.1) is 0 Å². The Morgan fingerprint density at radius 3 is 2.83 bits per heavy atom. The normalized spacial score (nSPS) is 24.6. The molecule has 1 saturated carbocycles. The van der Waals surface area contributed by atoms with Gasteiger partial charge in [0.1, 0.15) is 0 Å². The van der Waals surface area contributed by atoms with Crippen molar-refractivity contribution in [1.29, 1.82) is 0 Å². The molecule has 0 spiro atoms. The van der Waals surface area contributed by atoms with E-state index in [0.717, 1.165) is 15.9 Å². The second-order valence-corrected chi connectivity index (χ2v) is 5.87. The van der Waals surface area contributed by atoms with Gasteiger partial charge in [0, 0.05) is 22.6 Å². The first-order valence-corrected chi connectivity index (χ1v) is 7.24. The van der Waals surface area contributed by atoms with Gasteiger partial charge < -0.3 is 5.32 Å². The summed E-state index contributed by atoms with van der Waals surface area (Å²) in [5.74, 6) is 1.52. The van der Waals surface area contributed by atoms with E-state index in [1.54, 1.807) is 0 Å². The monoisotopic (exact) mass is 308 g/mol. The molecule has 5 heteroatoms. The molecule has 1 aliphatic rings. The van der Waals surface area contributed by atoms with E-state index < -0.39 is 0 Å². The molecule has 1 N–H and O–H groups in total. The highest BCUT2D eigenvalue weighted by molar-refractivity contribution is 9.10. The molecule has 0 bridgehead atoms. The maximum absolute atomic E-state index is 4.65. The summed E-state index contributed by atoms with van der Waals surface area (Å²) in [6.07, 6.45) is 6.77. The second-order valence-electron chi connectivity index (χ2n) is 4.95. The van der Waals surface area contributed by atoms with E-state index in [1.807, 2.05) is 29.9 Å². The average molecular weight is 309 g/mol. The van der Waals surface area contributed by atoms with E-state index in [0.29, 0.717) is 12.0 Å². The molecule has 0 atom stereocenters. The van der Waals surface area contributed by atoms with E-state index in [-0.39, 0.29) is 0 Å². The van der Waals surface area contributed by atoms with Gasteiger partial charge in [0.2, 0.25) is 0 Å². The van der Waals surface area contributed by atoms with Crippen molar-refractivity contribution in [2.75, 3.05) is 7.05 Å². The Balaban J connectivity index is 1.82. The van der Waals surface area contributed by atoms with Crippen LogP contribution in [0.1, 0.15) is 37.4 Å². The molecule has 2 aromatic heterocycles. The highest BCUT2D eigenvalue weighted by atomic mass is 79.9. The van der Waals surface area contributed by atoms with Gasteiger partial charge in [0.25, 0.3) is 0 Å². The topological polar surface area (TPSA) is 42.2 Å². The summed E-state index contributed by atoms with van der Waals surface area (Å²) in [6.45, 7) is 0. The maximum Gasteiger partial charge on any atom is 0.156 e. The minimum absolute atomic E-state index is 0.522. The highest BCUT2D eigenvalue weighted by Gasteiger charge is 2.24. The summed E-state index contributed by atoms with van der Waals surface area (Å²) >= 11 is 3.47. The number of hydrogen-bond donors (Lipinski definition) is 1. The van der Waals surface area contributed by atoms with Crippen molar-refractivity contribution in [3.63, 3.8) is 0 Å². The van der Waals surface area contributed by atoms with E-state index in [2.05, 4.69) is 31.3 Å². The van der Waals surface area contributed by atoms with Crippen molar-refractivity contribution in [3.8, 4) is 0 Å². The number of halogens is 1. The standard InChI is InChI=1S/C13H17BrN4/c1-15-11-4-2-9(3-5-11)13-16-12-8-10(14)6-7-18(12)17-13/h6-9,11,15H,2-5H2,1H3.